The second-order valence-electron chi connectivity index (χ2n) is 7.48. The van der Waals surface area contributed by atoms with Crippen LogP contribution < -0.4 is 5.32 Å². The van der Waals surface area contributed by atoms with Crippen LogP contribution in [0.1, 0.15) is 45.6 Å². The molecule has 0 bridgehead atoms. The number of esters is 1. The molecule has 28 heavy (non-hydrogen) atoms. The van der Waals surface area contributed by atoms with Gasteiger partial charge in [0.1, 0.15) is 6.61 Å². The Morgan fingerprint density at radius 2 is 1.82 bits per heavy atom. The molecule has 7 nitrogen and oxygen atoms in total. The van der Waals surface area contributed by atoms with Gasteiger partial charge in [-0.05, 0) is 31.9 Å². The van der Waals surface area contributed by atoms with Gasteiger partial charge in [0.15, 0.2) is 0 Å². The van der Waals surface area contributed by atoms with Gasteiger partial charge in [0.05, 0.1) is 16.9 Å². The number of ether oxygens (including phenoxy) is 1. The predicted octanol–water partition coefficient (Wildman–Crippen LogP) is 2.92. The van der Waals surface area contributed by atoms with Gasteiger partial charge >= 0.3 is 17.9 Å². The third-order valence-electron chi connectivity index (χ3n) is 6.20. The first-order chi connectivity index (χ1) is 13.0. The van der Waals surface area contributed by atoms with Crippen molar-refractivity contribution in [3.05, 3.63) is 34.9 Å². The minimum Gasteiger partial charge on any atom is -0.481 e. The van der Waals surface area contributed by atoms with Crippen molar-refractivity contribution in [1.82, 2.24) is 5.32 Å². The second kappa shape index (κ2) is 8.09. The van der Waals surface area contributed by atoms with Gasteiger partial charge in [-0.15, -0.1) is 0 Å². The fraction of sp³-hybridized carbons (Fsp3) is 0.550. The quantitative estimate of drug-likeness (QED) is 0.617. The normalized spacial score (nSPS) is 32.5. The molecule has 0 aromatic heterocycles. The molecule has 1 aromatic carbocycles. The number of carboxylic acids is 2. The third-order valence-corrected chi connectivity index (χ3v) is 6.55. The number of halogens is 1. The zero-order chi connectivity index (χ0) is 21.3. The first-order valence-electron chi connectivity index (χ1n) is 9.14. The molecule has 0 aliphatic carbocycles. The molecule has 1 aliphatic rings. The maximum atomic E-state index is 12.7. The Balaban J connectivity index is 2.80. The number of carbonyl (C=O) groups excluding carboxylic acids is 1. The number of aliphatic carboxylic acids is 2. The van der Waals surface area contributed by atoms with Gasteiger partial charge in [0.2, 0.25) is 0 Å². The maximum Gasteiger partial charge on any atom is 0.312 e. The third kappa shape index (κ3) is 3.37. The lowest BCUT2D eigenvalue weighted by atomic mass is 9.51. The van der Waals surface area contributed by atoms with E-state index in [9.17, 15) is 24.6 Å². The molecule has 0 amide bonds. The summed E-state index contributed by atoms with van der Waals surface area (Å²) in [6.07, 6.45) is 0.118. The Morgan fingerprint density at radius 1 is 1.21 bits per heavy atom. The molecule has 1 aliphatic heterocycles. The van der Waals surface area contributed by atoms with Crippen molar-refractivity contribution in [2.24, 2.45) is 10.8 Å². The highest BCUT2D eigenvalue weighted by Gasteiger charge is 2.65. The molecule has 1 saturated heterocycles. The number of hydrogen-bond acceptors (Lipinski definition) is 5. The van der Waals surface area contributed by atoms with Crippen molar-refractivity contribution in [3.63, 3.8) is 0 Å². The first kappa shape index (κ1) is 22.2. The molecule has 5 unspecified atom stereocenters. The van der Waals surface area contributed by atoms with Crippen LogP contribution in [-0.2, 0) is 19.1 Å². The molecule has 154 valence electrons. The summed E-state index contributed by atoms with van der Waals surface area (Å²) in [4.78, 5) is 36.4. The minimum absolute atomic E-state index is 0.118. The summed E-state index contributed by atoms with van der Waals surface area (Å²) in [7, 11) is 0. The lowest BCUT2D eigenvalue weighted by Gasteiger charge is -2.56. The molecule has 1 fully saturated rings. The number of carbonyl (C=O) groups is 3. The van der Waals surface area contributed by atoms with E-state index >= 15 is 0 Å². The van der Waals surface area contributed by atoms with Gasteiger partial charge in [-0.3, -0.25) is 14.4 Å². The monoisotopic (exact) mass is 411 g/mol. The van der Waals surface area contributed by atoms with E-state index in [0.717, 1.165) is 0 Å². The highest BCUT2D eigenvalue weighted by Crippen LogP contribution is 2.57. The number of carboxylic acid groups (broad SMARTS) is 2. The molecule has 1 heterocycles. The molecule has 5 atom stereocenters. The van der Waals surface area contributed by atoms with E-state index in [2.05, 4.69) is 5.32 Å². The van der Waals surface area contributed by atoms with E-state index in [1.54, 1.807) is 38.1 Å². The molecule has 3 N–H and O–H groups in total. The van der Waals surface area contributed by atoms with Crippen LogP contribution in [0.2, 0.25) is 5.02 Å². The summed E-state index contributed by atoms with van der Waals surface area (Å²) in [5.74, 6) is -3.78. The van der Waals surface area contributed by atoms with Gasteiger partial charge in [-0.25, -0.2) is 0 Å². The van der Waals surface area contributed by atoms with Crippen LogP contribution in [0.25, 0.3) is 0 Å². The Hall–Kier alpha value is -2.12. The van der Waals surface area contributed by atoms with Crippen molar-refractivity contribution in [1.29, 1.82) is 0 Å². The average molecular weight is 412 g/mol. The summed E-state index contributed by atoms with van der Waals surface area (Å²) >= 11 is 6.41. The number of benzene rings is 1. The largest absolute Gasteiger partial charge is 0.481 e. The number of rotatable bonds is 6. The van der Waals surface area contributed by atoms with Gasteiger partial charge in [0, 0.05) is 23.9 Å². The van der Waals surface area contributed by atoms with Gasteiger partial charge in [-0.1, -0.05) is 36.7 Å². The van der Waals surface area contributed by atoms with E-state index in [-0.39, 0.29) is 13.0 Å². The summed E-state index contributed by atoms with van der Waals surface area (Å²) in [5.41, 5.74) is -2.56. The van der Waals surface area contributed by atoms with Crippen LogP contribution in [0.4, 0.5) is 0 Å². The van der Waals surface area contributed by atoms with Crippen LogP contribution in [0.15, 0.2) is 24.3 Å². The van der Waals surface area contributed by atoms with Gasteiger partial charge in [0.25, 0.3) is 0 Å². The Kier molecular flexibility index (Phi) is 6.41. The summed E-state index contributed by atoms with van der Waals surface area (Å²) in [6.45, 7) is 5.99. The fourth-order valence-corrected chi connectivity index (χ4v) is 4.74. The van der Waals surface area contributed by atoms with E-state index in [4.69, 9.17) is 16.3 Å². The highest BCUT2D eigenvalue weighted by atomic mass is 35.5. The van der Waals surface area contributed by atoms with Crippen LogP contribution in [-0.4, -0.2) is 46.8 Å². The van der Waals surface area contributed by atoms with Gasteiger partial charge in [-0.2, -0.15) is 0 Å². The summed E-state index contributed by atoms with van der Waals surface area (Å²) in [5, 5.41) is 23.9. The zero-order valence-electron chi connectivity index (χ0n) is 16.4. The zero-order valence-corrected chi connectivity index (χ0v) is 17.1. The predicted molar refractivity (Wildman–Crippen MR) is 103 cm³/mol. The summed E-state index contributed by atoms with van der Waals surface area (Å²) < 4.78 is 5.13. The molecule has 0 saturated carbocycles. The van der Waals surface area contributed by atoms with Crippen LogP contribution in [0.5, 0.6) is 0 Å². The molecular weight excluding hydrogens is 386 g/mol. The van der Waals surface area contributed by atoms with Crippen molar-refractivity contribution in [2.75, 3.05) is 6.61 Å². The lowest BCUT2D eigenvalue weighted by Crippen LogP contribution is -2.70. The van der Waals surface area contributed by atoms with Crippen molar-refractivity contribution in [3.8, 4) is 0 Å². The molecule has 2 rings (SSSR count). The SMILES string of the molecule is CCC1(C(=O)O)C(COC(C)=O)NC(C)C(C)(C(=O)O)C1c1ccccc1Cl. The van der Waals surface area contributed by atoms with E-state index in [1.165, 1.54) is 13.8 Å². The van der Waals surface area contributed by atoms with Crippen LogP contribution >= 0.6 is 11.6 Å². The minimum atomic E-state index is -1.56. The molecular formula is C20H26ClNO6. The van der Waals surface area contributed by atoms with E-state index < -0.39 is 46.7 Å². The van der Waals surface area contributed by atoms with E-state index in [1.807, 2.05) is 0 Å². The maximum absolute atomic E-state index is 12.7. The second-order valence-corrected chi connectivity index (χ2v) is 7.89. The summed E-state index contributed by atoms with van der Waals surface area (Å²) in [6, 6.07) is 5.31. The smallest absolute Gasteiger partial charge is 0.312 e. The fourth-order valence-electron chi connectivity index (χ4n) is 4.50. The topological polar surface area (TPSA) is 113 Å². The Morgan fingerprint density at radius 3 is 2.29 bits per heavy atom. The van der Waals surface area contributed by atoms with Gasteiger partial charge < -0.3 is 20.3 Å². The lowest BCUT2D eigenvalue weighted by molar-refractivity contribution is -0.175. The number of nitrogens with one attached hydrogen (secondary N) is 1. The molecule has 0 radical (unpaired) electrons. The molecule has 8 heteroatoms. The van der Waals surface area contributed by atoms with E-state index in [0.29, 0.717) is 10.6 Å². The number of piperidine rings is 1. The average Bonchev–Trinajstić information content (AvgIpc) is 2.62. The van der Waals surface area contributed by atoms with Crippen LogP contribution in [0, 0.1) is 10.8 Å². The van der Waals surface area contributed by atoms with Crippen molar-refractivity contribution >= 4 is 29.5 Å². The Labute approximate surface area is 169 Å². The van der Waals surface area contributed by atoms with Crippen LogP contribution in [0.3, 0.4) is 0 Å². The Bertz CT molecular complexity index is 784. The first-order valence-corrected chi connectivity index (χ1v) is 9.51. The van der Waals surface area contributed by atoms with Crippen molar-refractivity contribution < 1.29 is 29.3 Å². The number of hydrogen-bond donors (Lipinski definition) is 3. The molecule has 1 aromatic rings. The van der Waals surface area contributed by atoms with Crippen molar-refractivity contribution in [2.45, 2.75) is 52.1 Å². The molecule has 0 spiro atoms. The highest BCUT2D eigenvalue weighted by molar-refractivity contribution is 6.31. The standard InChI is InChI=1S/C20H26ClNO6/c1-5-20(18(26)27)15(10-28-12(3)23)22-11(2)19(4,17(24)25)16(20)13-8-6-7-9-14(13)21/h6-9,11,15-16,22H,5,10H2,1-4H3,(H,24,25)(H,26,27).